The van der Waals surface area contributed by atoms with E-state index < -0.39 is 29.4 Å². The van der Waals surface area contributed by atoms with Crippen molar-refractivity contribution in [2.45, 2.75) is 26.6 Å². The summed E-state index contributed by atoms with van der Waals surface area (Å²) in [6, 6.07) is 0.786. The van der Waals surface area contributed by atoms with Gasteiger partial charge in [0, 0.05) is 18.4 Å². The second kappa shape index (κ2) is 6.78. The molecule has 0 fully saturated rings. The average Bonchev–Trinajstić information content (AvgIpc) is 3.15. The van der Waals surface area contributed by atoms with Crippen molar-refractivity contribution in [3.63, 3.8) is 0 Å². The third-order valence-corrected chi connectivity index (χ3v) is 4.08. The van der Waals surface area contributed by atoms with Gasteiger partial charge in [0.2, 0.25) is 0 Å². The summed E-state index contributed by atoms with van der Waals surface area (Å²) in [5, 5.41) is 9.55. The van der Waals surface area contributed by atoms with E-state index in [1.165, 1.54) is 17.8 Å². The molecular weight excluding hydrogens is 403 g/mol. The van der Waals surface area contributed by atoms with Crippen LogP contribution in [0.15, 0.2) is 12.3 Å². The number of nitrogens with zero attached hydrogens (tertiary/aromatic N) is 5. The highest BCUT2D eigenvalue weighted by Gasteiger charge is 2.36. The first kappa shape index (κ1) is 19.6. The molecule has 3 heterocycles. The molecular formula is C15H13ClF3N7O2. The summed E-state index contributed by atoms with van der Waals surface area (Å²) < 4.78 is 41.6. The molecule has 28 heavy (non-hydrogen) atoms. The van der Waals surface area contributed by atoms with Crippen molar-refractivity contribution in [3.05, 3.63) is 40.1 Å². The van der Waals surface area contributed by atoms with Crippen LogP contribution in [0, 0.1) is 6.92 Å². The quantitative estimate of drug-likeness (QED) is 0.677. The zero-order valence-electron chi connectivity index (χ0n) is 14.5. The molecule has 2 amide bonds. The minimum atomic E-state index is -4.74. The Bertz CT molecular complexity index is 1100. The van der Waals surface area contributed by atoms with Crippen LogP contribution in [0.3, 0.4) is 0 Å². The minimum absolute atomic E-state index is 0.0207. The van der Waals surface area contributed by atoms with Gasteiger partial charge in [-0.3, -0.25) is 14.3 Å². The lowest BCUT2D eigenvalue weighted by atomic mass is 10.3. The van der Waals surface area contributed by atoms with E-state index in [1.807, 2.05) is 0 Å². The smallest absolute Gasteiger partial charge is 0.364 e. The molecule has 0 saturated carbocycles. The molecule has 0 bridgehead atoms. The van der Waals surface area contributed by atoms with Crippen LogP contribution in [0.4, 0.5) is 18.9 Å². The lowest BCUT2D eigenvalue weighted by Gasteiger charge is -2.09. The van der Waals surface area contributed by atoms with Crippen LogP contribution in [-0.2, 0) is 12.7 Å². The normalized spacial score (nSPS) is 11.8. The predicted octanol–water partition coefficient (Wildman–Crippen LogP) is 2.28. The largest absolute Gasteiger partial charge is 0.433 e. The van der Waals surface area contributed by atoms with Gasteiger partial charge in [0.25, 0.3) is 11.8 Å². The number of primary amides is 1. The number of fused-ring (bicyclic) bond motifs is 1. The Labute approximate surface area is 160 Å². The highest BCUT2D eigenvalue weighted by molar-refractivity contribution is 6.37. The maximum Gasteiger partial charge on any atom is 0.433 e. The molecule has 0 atom stereocenters. The second-order valence-corrected chi connectivity index (χ2v) is 6.12. The summed E-state index contributed by atoms with van der Waals surface area (Å²) in [5.74, 6) is -1.83. The third kappa shape index (κ3) is 3.38. The van der Waals surface area contributed by atoms with Crippen LogP contribution in [0.2, 0.25) is 5.02 Å². The van der Waals surface area contributed by atoms with Gasteiger partial charge in [-0.2, -0.15) is 23.4 Å². The van der Waals surface area contributed by atoms with Crippen molar-refractivity contribution in [1.82, 2.24) is 24.4 Å². The van der Waals surface area contributed by atoms with Crippen molar-refractivity contribution < 1.29 is 22.8 Å². The van der Waals surface area contributed by atoms with Crippen molar-refractivity contribution >= 4 is 34.7 Å². The third-order valence-electron chi connectivity index (χ3n) is 3.73. The fourth-order valence-corrected chi connectivity index (χ4v) is 2.74. The molecule has 0 saturated heterocycles. The monoisotopic (exact) mass is 415 g/mol. The number of aryl methyl sites for hydroxylation is 2. The lowest BCUT2D eigenvalue weighted by molar-refractivity contribution is -0.142. The van der Waals surface area contributed by atoms with Crippen LogP contribution in [0.25, 0.3) is 5.65 Å². The fraction of sp³-hybridized carbons (Fsp3) is 0.267. The molecule has 0 aliphatic heterocycles. The number of carbonyl (C=O) groups excluding carboxylic acids is 2. The second-order valence-electron chi connectivity index (χ2n) is 5.74. The molecule has 9 nitrogen and oxygen atoms in total. The number of hydrogen-bond donors (Lipinski definition) is 2. The number of alkyl halides is 3. The number of carbonyl (C=O) groups is 2. The van der Waals surface area contributed by atoms with Crippen LogP contribution < -0.4 is 11.1 Å². The van der Waals surface area contributed by atoms with Crippen molar-refractivity contribution in [2.75, 3.05) is 5.32 Å². The Morgan fingerprint density at radius 2 is 1.96 bits per heavy atom. The van der Waals surface area contributed by atoms with Gasteiger partial charge in [-0.1, -0.05) is 11.6 Å². The molecule has 3 aromatic rings. The van der Waals surface area contributed by atoms with Gasteiger partial charge in [0.1, 0.15) is 10.7 Å². The Kier molecular flexibility index (Phi) is 4.75. The summed E-state index contributed by atoms with van der Waals surface area (Å²) >= 11 is 6.06. The fourth-order valence-electron chi connectivity index (χ4n) is 2.50. The van der Waals surface area contributed by atoms with Gasteiger partial charge in [-0.25, -0.2) is 9.50 Å². The molecule has 0 unspecified atom stereocenters. The summed E-state index contributed by atoms with van der Waals surface area (Å²) in [6.07, 6.45) is -3.39. The van der Waals surface area contributed by atoms with Gasteiger partial charge >= 0.3 is 6.18 Å². The molecule has 3 rings (SSSR count). The highest BCUT2D eigenvalue weighted by Crippen LogP contribution is 2.32. The topological polar surface area (TPSA) is 120 Å². The number of aromatic nitrogens is 5. The molecule has 0 aliphatic rings. The van der Waals surface area contributed by atoms with E-state index in [4.69, 9.17) is 17.3 Å². The van der Waals surface area contributed by atoms with Crippen molar-refractivity contribution in [2.24, 2.45) is 5.73 Å². The standard InChI is InChI=1S/C15H13ClF3N7O2/c1-3-25-5-7(10(23-25)12(20)27)22-14(28)11-9(16)13-21-6(2)4-8(15(17,18)19)26(13)24-11/h4-5H,3H2,1-2H3,(H2,20,27)(H,22,28). The lowest BCUT2D eigenvalue weighted by Crippen LogP contribution is -2.19. The van der Waals surface area contributed by atoms with E-state index in [9.17, 15) is 22.8 Å². The van der Waals surface area contributed by atoms with Crippen LogP contribution in [0.5, 0.6) is 0 Å². The average molecular weight is 416 g/mol. The molecule has 0 radical (unpaired) electrons. The van der Waals surface area contributed by atoms with E-state index in [1.54, 1.807) is 6.92 Å². The Hall–Kier alpha value is -3.15. The number of halogens is 4. The number of amides is 2. The van der Waals surface area contributed by atoms with Crippen LogP contribution in [0.1, 0.15) is 39.3 Å². The van der Waals surface area contributed by atoms with Gasteiger partial charge in [0.15, 0.2) is 17.0 Å². The van der Waals surface area contributed by atoms with E-state index in [2.05, 4.69) is 20.5 Å². The summed E-state index contributed by atoms with van der Waals surface area (Å²) in [6.45, 7) is 3.50. The Balaban J connectivity index is 2.07. The number of hydrogen-bond acceptors (Lipinski definition) is 5. The van der Waals surface area contributed by atoms with Crippen molar-refractivity contribution in [3.8, 4) is 0 Å². The maximum absolute atomic E-state index is 13.3. The molecule has 0 spiro atoms. The number of anilines is 1. The number of rotatable bonds is 4. The Morgan fingerprint density at radius 3 is 2.54 bits per heavy atom. The molecule has 0 aromatic carbocycles. The maximum atomic E-state index is 13.3. The molecule has 13 heteroatoms. The first-order valence-electron chi connectivity index (χ1n) is 7.84. The summed E-state index contributed by atoms with van der Waals surface area (Å²) in [5.41, 5.74) is 3.10. The van der Waals surface area contributed by atoms with E-state index >= 15 is 0 Å². The van der Waals surface area contributed by atoms with E-state index in [0.29, 0.717) is 11.1 Å². The zero-order valence-corrected chi connectivity index (χ0v) is 15.3. The summed E-state index contributed by atoms with van der Waals surface area (Å²) in [7, 11) is 0. The summed E-state index contributed by atoms with van der Waals surface area (Å²) in [4.78, 5) is 28.0. The molecule has 148 valence electrons. The SMILES string of the molecule is CCn1cc(NC(=O)c2nn3c(C(F)(F)F)cc(C)nc3c2Cl)c(C(N)=O)n1. The Morgan fingerprint density at radius 1 is 1.29 bits per heavy atom. The number of nitrogens with one attached hydrogen (secondary N) is 1. The van der Waals surface area contributed by atoms with Gasteiger partial charge < -0.3 is 11.1 Å². The minimum Gasteiger partial charge on any atom is -0.364 e. The van der Waals surface area contributed by atoms with E-state index in [0.717, 1.165) is 6.07 Å². The van der Waals surface area contributed by atoms with Gasteiger partial charge in [-0.05, 0) is 19.9 Å². The first-order chi connectivity index (χ1) is 13.0. The highest BCUT2D eigenvalue weighted by atomic mass is 35.5. The van der Waals surface area contributed by atoms with Crippen molar-refractivity contribution in [1.29, 1.82) is 0 Å². The number of nitrogens with two attached hydrogens (primary N) is 1. The van der Waals surface area contributed by atoms with E-state index in [-0.39, 0.29) is 27.7 Å². The predicted molar refractivity (Wildman–Crippen MR) is 92.1 cm³/mol. The molecule has 3 aromatic heterocycles. The van der Waals surface area contributed by atoms with Gasteiger partial charge in [0.05, 0.1) is 5.69 Å². The molecule has 3 N–H and O–H groups in total. The van der Waals surface area contributed by atoms with Gasteiger partial charge in [-0.15, -0.1) is 0 Å². The molecule has 0 aliphatic carbocycles. The van der Waals surface area contributed by atoms with Crippen LogP contribution >= 0.6 is 11.6 Å². The zero-order chi connectivity index (χ0) is 20.8. The van der Waals surface area contributed by atoms with Crippen LogP contribution in [-0.4, -0.2) is 36.2 Å². The first-order valence-corrected chi connectivity index (χ1v) is 8.22.